The van der Waals surface area contributed by atoms with Crippen molar-refractivity contribution >= 4 is 39.5 Å². The van der Waals surface area contributed by atoms with Gasteiger partial charge < -0.3 is 15.8 Å². The van der Waals surface area contributed by atoms with Gasteiger partial charge in [0.15, 0.2) is 0 Å². The van der Waals surface area contributed by atoms with E-state index in [9.17, 15) is 26.4 Å². The minimum atomic E-state index is -5.08. The van der Waals surface area contributed by atoms with Gasteiger partial charge in [0.1, 0.15) is 10.3 Å². The molecule has 10 nitrogen and oxygen atoms in total. The summed E-state index contributed by atoms with van der Waals surface area (Å²) in [5.41, 5.74) is 2.47. The molecule has 0 saturated carbocycles. The van der Waals surface area contributed by atoms with Gasteiger partial charge in [0.05, 0.1) is 16.8 Å². The Morgan fingerprint density at radius 1 is 1.24 bits per heavy atom. The van der Waals surface area contributed by atoms with Crippen molar-refractivity contribution in [1.82, 2.24) is 14.6 Å². The number of rotatable bonds is 7. The first-order chi connectivity index (χ1) is 17.9. The van der Waals surface area contributed by atoms with E-state index in [1.54, 1.807) is 29.3 Å². The van der Waals surface area contributed by atoms with Crippen molar-refractivity contribution in [1.29, 1.82) is 0 Å². The molecule has 4 rings (SSSR count). The Hall–Kier alpha value is -3.82. The number of carbonyl (C=O) groups excluding carboxylic acids is 1. The minimum Gasteiger partial charge on any atom is -0.475 e. The Kier molecular flexibility index (Phi) is 9.19. The number of carboxylic acids is 1. The van der Waals surface area contributed by atoms with Gasteiger partial charge in [0.2, 0.25) is 5.91 Å². The molecule has 0 aliphatic carbocycles. The molecular weight excluding hydrogens is 547 g/mol. The van der Waals surface area contributed by atoms with Crippen LogP contribution in [0.4, 0.5) is 13.2 Å². The summed E-state index contributed by atoms with van der Waals surface area (Å²) in [4.78, 5) is 28.3. The van der Waals surface area contributed by atoms with Crippen molar-refractivity contribution in [3.05, 3.63) is 71.9 Å². The third-order valence-electron chi connectivity index (χ3n) is 5.15. The first-order valence-corrected chi connectivity index (χ1v) is 13.2. The molecule has 0 unspecified atom stereocenters. The molecular formula is C23H22F3N5O5S2. The molecule has 1 aliphatic heterocycles. The predicted molar refractivity (Wildman–Crippen MR) is 134 cm³/mol. The van der Waals surface area contributed by atoms with Crippen LogP contribution in [0.15, 0.2) is 70.1 Å². The molecule has 15 heteroatoms. The number of hydrazone groups is 1. The van der Waals surface area contributed by atoms with Crippen molar-refractivity contribution in [2.75, 3.05) is 6.54 Å². The highest BCUT2D eigenvalue weighted by molar-refractivity contribution is 7.91. The molecule has 0 spiro atoms. The standard InChI is InChI=1S/C21H21N5O3S2.C2HF3O2/c22-24-13-15-4-3-5-16(12-15)14-26-11-9-18(21(26)27)25-31(28,29)20-8-7-19(30-20)17-6-1-2-10-23-17;3-2(4,5)1(6)7/h1-8,10,12-13,18,25H,9,11,14,22H2;(H,6,7)/t18-;/m0./s1. The Morgan fingerprint density at radius 2 is 1.97 bits per heavy atom. The summed E-state index contributed by atoms with van der Waals surface area (Å²) in [5, 5.41) is 10.6. The molecule has 1 aliphatic rings. The first kappa shape index (κ1) is 28.7. The number of carbonyl (C=O) groups is 2. The maximum Gasteiger partial charge on any atom is 0.490 e. The third-order valence-corrected chi connectivity index (χ3v) is 8.22. The topological polar surface area (TPSA) is 155 Å². The number of nitrogens with two attached hydrogens (primary N) is 1. The van der Waals surface area contributed by atoms with Crippen LogP contribution in [0.2, 0.25) is 0 Å². The van der Waals surface area contributed by atoms with Crippen LogP contribution in [0.25, 0.3) is 10.6 Å². The van der Waals surface area contributed by atoms with E-state index in [1.165, 1.54) is 6.21 Å². The van der Waals surface area contributed by atoms with Crippen LogP contribution < -0.4 is 10.6 Å². The van der Waals surface area contributed by atoms with E-state index < -0.39 is 28.2 Å². The normalized spacial score (nSPS) is 15.9. The van der Waals surface area contributed by atoms with E-state index >= 15 is 0 Å². The van der Waals surface area contributed by atoms with E-state index in [1.807, 2.05) is 36.4 Å². The van der Waals surface area contributed by atoms with E-state index in [4.69, 9.17) is 15.7 Å². The summed E-state index contributed by atoms with van der Waals surface area (Å²) >= 11 is 1.13. The first-order valence-electron chi connectivity index (χ1n) is 10.9. The summed E-state index contributed by atoms with van der Waals surface area (Å²) in [5.74, 6) is 2.20. The zero-order valence-corrected chi connectivity index (χ0v) is 21.1. The number of benzene rings is 1. The van der Waals surface area contributed by atoms with E-state index in [-0.39, 0.29) is 10.1 Å². The smallest absolute Gasteiger partial charge is 0.475 e. The number of hydrogen-bond donors (Lipinski definition) is 3. The Balaban J connectivity index is 0.000000505. The number of carboxylic acid groups (broad SMARTS) is 1. The lowest BCUT2D eigenvalue weighted by molar-refractivity contribution is -0.192. The zero-order chi connectivity index (χ0) is 27.9. The summed E-state index contributed by atoms with van der Waals surface area (Å²) in [7, 11) is -3.81. The second-order valence-corrected chi connectivity index (χ2v) is 10.9. The highest BCUT2D eigenvalue weighted by Crippen LogP contribution is 2.30. The van der Waals surface area contributed by atoms with Gasteiger partial charge in [0.25, 0.3) is 10.0 Å². The van der Waals surface area contributed by atoms with Gasteiger partial charge in [-0.15, -0.1) is 11.3 Å². The summed E-state index contributed by atoms with van der Waals surface area (Å²) in [6.45, 7) is 0.872. The fourth-order valence-electron chi connectivity index (χ4n) is 3.44. The van der Waals surface area contributed by atoms with Crippen molar-refractivity contribution in [2.24, 2.45) is 10.9 Å². The fourth-order valence-corrected chi connectivity index (χ4v) is 5.96. The van der Waals surface area contributed by atoms with Crippen molar-refractivity contribution in [3.63, 3.8) is 0 Å². The molecule has 0 radical (unpaired) electrons. The van der Waals surface area contributed by atoms with Gasteiger partial charge in [-0.2, -0.15) is 23.0 Å². The van der Waals surface area contributed by atoms with Gasteiger partial charge in [0, 0.05) is 19.3 Å². The van der Waals surface area contributed by atoms with Crippen molar-refractivity contribution < 1.29 is 36.3 Å². The number of pyridine rings is 1. The maximum atomic E-state index is 12.8. The number of thiophene rings is 1. The molecule has 2 aromatic heterocycles. The van der Waals surface area contributed by atoms with Crippen LogP contribution in [0.3, 0.4) is 0 Å². The minimum absolute atomic E-state index is 0.160. The van der Waals surface area contributed by atoms with Crippen LogP contribution in [0, 0.1) is 0 Å². The second-order valence-electron chi connectivity index (χ2n) is 7.88. The average molecular weight is 570 g/mol. The highest BCUT2D eigenvalue weighted by atomic mass is 32.2. The number of nitrogens with zero attached hydrogens (tertiary/aromatic N) is 3. The SMILES string of the molecule is NN=Cc1cccc(CN2CC[C@H](NS(=O)(=O)c3ccc(-c4ccccn4)s3)C2=O)c1.O=C(O)C(F)(F)F. The molecule has 0 bridgehead atoms. The van der Waals surface area contributed by atoms with Crippen LogP contribution in [0.1, 0.15) is 17.5 Å². The number of aliphatic carboxylic acids is 1. The lowest BCUT2D eigenvalue weighted by Crippen LogP contribution is -2.41. The van der Waals surface area contributed by atoms with Gasteiger partial charge in [-0.25, -0.2) is 13.2 Å². The molecule has 1 aromatic carbocycles. The summed E-state index contributed by atoms with van der Waals surface area (Å²) < 4.78 is 60.1. The summed E-state index contributed by atoms with van der Waals surface area (Å²) in [6.07, 6.45) is -1.47. The Labute approximate surface area is 219 Å². The molecule has 1 atom stereocenters. The number of hydrogen-bond acceptors (Lipinski definition) is 8. The number of aromatic nitrogens is 1. The molecule has 4 N–H and O–H groups in total. The third kappa shape index (κ3) is 7.60. The molecule has 1 saturated heterocycles. The predicted octanol–water partition coefficient (Wildman–Crippen LogP) is 2.82. The van der Waals surface area contributed by atoms with E-state index in [0.717, 1.165) is 27.3 Å². The number of sulfonamides is 1. The average Bonchev–Trinajstić information content (AvgIpc) is 3.49. The lowest BCUT2D eigenvalue weighted by atomic mass is 10.1. The van der Waals surface area contributed by atoms with Crippen LogP contribution in [0.5, 0.6) is 0 Å². The number of likely N-dealkylation sites (tertiary alicyclic amines) is 1. The van der Waals surface area contributed by atoms with Crippen molar-refractivity contribution in [2.45, 2.75) is 29.4 Å². The summed E-state index contributed by atoms with van der Waals surface area (Å²) in [6, 6.07) is 15.5. The van der Waals surface area contributed by atoms with Gasteiger partial charge in [-0.05, 0) is 47.9 Å². The lowest BCUT2D eigenvalue weighted by Gasteiger charge is -2.17. The number of halogens is 3. The molecule has 3 aromatic rings. The van der Waals surface area contributed by atoms with Crippen LogP contribution >= 0.6 is 11.3 Å². The monoisotopic (exact) mass is 569 g/mol. The fraction of sp³-hybridized carbons (Fsp3) is 0.217. The molecule has 1 fully saturated rings. The van der Waals surface area contributed by atoms with Gasteiger partial charge in [-0.3, -0.25) is 9.78 Å². The second kappa shape index (κ2) is 12.1. The molecule has 38 heavy (non-hydrogen) atoms. The van der Waals surface area contributed by atoms with Gasteiger partial charge >= 0.3 is 12.1 Å². The molecule has 202 valence electrons. The van der Waals surface area contributed by atoms with Crippen LogP contribution in [-0.2, 0) is 26.2 Å². The van der Waals surface area contributed by atoms with Crippen molar-refractivity contribution in [3.8, 4) is 10.6 Å². The van der Waals surface area contributed by atoms with Gasteiger partial charge in [-0.1, -0.05) is 24.3 Å². The Morgan fingerprint density at radius 3 is 2.61 bits per heavy atom. The zero-order valence-electron chi connectivity index (χ0n) is 19.5. The Bertz CT molecular complexity index is 1410. The number of nitrogens with one attached hydrogen (secondary N) is 1. The molecule has 3 heterocycles. The molecule has 1 amide bonds. The largest absolute Gasteiger partial charge is 0.490 e. The van der Waals surface area contributed by atoms with Crippen LogP contribution in [-0.4, -0.2) is 60.3 Å². The van der Waals surface area contributed by atoms with E-state index in [0.29, 0.717) is 25.2 Å². The maximum absolute atomic E-state index is 12.8. The van der Waals surface area contributed by atoms with E-state index in [2.05, 4.69) is 14.8 Å². The highest BCUT2D eigenvalue weighted by Gasteiger charge is 2.38. The number of alkyl halides is 3. The quantitative estimate of drug-likeness (QED) is 0.225. The number of amides is 1.